The van der Waals surface area contributed by atoms with E-state index in [-0.39, 0.29) is 23.5 Å². The lowest BCUT2D eigenvalue weighted by atomic mass is 10.0. The second kappa shape index (κ2) is 6.04. The van der Waals surface area contributed by atoms with Crippen LogP contribution in [0.3, 0.4) is 0 Å². The lowest BCUT2D eigenvalue weighted by Gasteiger charge is -2.09. The minimum absolute atomic E-state index is 0.139. The van der Waals surface area contributed by atoms with Gasteiger partial charge in [0.25, 0.3) is 5.56 Å². The van der Waals surface area contributed by atoms with Crippen LogP contribution in [0.5, 0.6) is 0 Å². The summed E-state index contributed by atoms with van der Waals surface area (Å²) in [6.45, 7) is 0.480. The number of rotatable bonds is 7. The summed E-state index contributed by atoms with van der Waals surface area (Å²) in [6, 6.07) is 0. The third kappa shape index (κ3) is 3.29. The van der Waals surface area contributed by atoms with Gasteiger partial charge in [-0.25, -0.2) is 4.98 Å². The first-order valence-corrected chi connectivity index (χ1v) is 7.31. The fourth-order valence-corrected chi connectivity index (χ4v) is 2.41. The van der Waals surface area contributed by atoms with E-state index in [9.17, 15) is 9.59 Å². The summed E-state index contributed by atoms with van der Waals surface area (Å²) in [4.78, 5) is 30.2. The molecule has 1 amide bonds. The van der Waals surface area contributed by atoms with Crippen molar-refractivity contribution in [2.24, 2.45) is 10.2 Å². The fourth-order valence-electron chi connectivity index (χ4n) is 2.41. The molecule has 0 aromatic carbocycles. The van der Waals surface area contributed by atoms with Crippen LogP contribution in [0.25, 0.3) is 5.65 Å². The normalized spacial score (nSPS) is 14.6. The molecule has 8 heteroatoms. The molecule has 0 aliphatic carbocycles. The molecule has 2 aromatic rings. The monoisotopic (exact) mass is 312 g/mol. The van der Waals surface area contributed by atoms with Gasteiger partial charge in [0.1, 0.15) is 0 Å². The van der Waals surface area contributed by atoms with Crippen LogP contribution in [0.4, 0.5) is 0 Å². The lowest BCUT2D eigenvalue weighted by Crippen LogP contribution is -2.29. The summed E-state index contributed by atoms with van der Waals surface area (Å²) >= 11 is 0. The predicted molar refractivity (Wildman–Crippen MR) is 82.8 cm³/mol. The van der Waals surface area contributed by atoms with Crippen molar-refractivity contribution in [3.63, 3.8) is 0 Å². The molecular formula is C15H16N6O2. The highest BCUT2D eigenvalue weighted by atomic mass is 16.1. The van der Waals surface area contributed by atoms with Crippen LogP contribution >= 0.6 is 0 Å². The molecule has 2 N–H and O–H groups in total. The first-order valence-electron chi connectivity index (χ1n) is 7.31. The number of hydrogen-bond donors (Lipinski definition) is 2. The molecule has 0 fully saturated rings. The summed E-state index contributed by atoms with van der Waals surface area (Å²) in [5.74, 6) is 2.43. The molecular weight excluding hydrogens is 296 g/mol. The Kier molecular flexibility index (Phi) is 3.93. The zero-order valence-electron chi connectivity index (χ0n) is 12.5. The number of nitrogens with one attached hydrogen (secondary N) is 2. The Hall–Kier alpha value is -2.95. The average molecular weight is 312 g/mol. The molecule has 0 bridgehead atoms. The zero-order chi connectivity index (χ0) is 16.3. The van der Waals surface area contributed by atoms with E-state index >= 15 is 0 Å². The number of nitrogens with zero attached hydrogens (tertiary/aromatic N) is 4. The van der Waals surface area contributed by atoms with E-state index in [1.807, 2.05) is 0 Å². The van der Waals surface area contributed by atoms with Gasteiger partial charge in [-0.05, 0) is 0 Å². The van der Waals surface area contributed by atoms with Gasteiger partial charge >= 0.3 is 0 Å². The first-order chi connectivity index (χ1) is 11.1. The number of terminal acetylenes is 1. The fraction of sp³-hybridized carbons (Fsp3) is 0.400. The van der Waals surface area contributed by atoms with Gasteiger partial charge < -0.3 is 10.3 Å². The molecule has 8 nitrogen and oxygen atoms in total. The number of imidazole rings is 1. The highest BCUT2D eigenvalue weighted by Crippen LogP contribution is 2.35. The number of carbonyl (C=O) groups excluding carboxylic acids is 1. The highest BCUT2D eigenvalue weighted by molar-refractivity contribution is 5.78. The summed E-state index contributed by atoms with van der Waals surface area (Å²) in [6.07, 6.45) is 12.1. The summed E-state index contributed by atoms with van der Waals surface area (Å²) in [5.41, 5.74) is 0.258. The van der Waals surface area contributed by atoms with Crippen molar-refractivity contribution in [3.05, 3.63) is 34.6 Å². The molecule has 23 heavy (non-hydrogen) atoms. The number of H-pyrrole nitrogens is 1. The molecule has 118 valence electrons. The molecule has 0 saturated heterocycles. The molecule has 0 unspecified atom stereocenters. The van der Waals surface area contributed by atoms with E-state index in [1.165, 1.54) is 12.4 Å². The zero-order valence-corrected chi connectivity index (χ0v) is 12.5. The highest BCUT2D eigenvalue weighted by Gasteiger charge is 2.38. The third-order valence-corrected chi connectivity index (χ3v) is 3.76. The summed E-state index contributed by atoms with van der Waals surface area (Å²) in [7, 11) is 0. The summed E-state index contributed by atoms with van der Waals surface area (Å²) in [5, 5.41) is 10.9. The quantitative estimate of drug-likeness (QED) is 0.733. The van der Waals surface area contributed by atoms with Gasteiger partial charge in [-0.2, -0.15) is 10.2 Å². The minimum atomic E-state index is -0.393. The van der Waals surface area contributed by atoms with Crippen molar-refractivity contribution in [1.29, 1.82) is 0 Å². The van der Waals surface area contributed by atoms with Crippen molar-refractivity contribution in [2.75, 3.05) is 6.54 Å². The molecule has 0 saturated carbocycles. The molecule has 0 atom stereocenters. The molecule has 1 aliphatic heterocycles. The maximum absolute atomic E-state index is 12.0. The average Bonchev–Trinajstić information content (AvgIpc) is 3.19. The van der Waals surface area contributed by atoms with Crippen molar-refractivity contribution in [3.8, 4) is 12.3 Å². The van der Waals surface area contributed by atoms with Crippen LogP contribution in [-0.4, -0.2) is 32.5 Å². The van der Waals surface area contributed by atoms with E-state index in [0.29, 0.717) is 25.1 Å². The Balaban J connectivity index is 1.52. The number of aromatic nitrogens is 3. The van der Waals surface area contributed by atoms with E-state index in [2.05, 4.69) is 31.4 Å². The molecule has 1 aliphatic rings. The van der Waals surface area contributed by atoms with Crippen LogP contribution < -0.4 is 10.9 Å². The molecule has 3 heterocycles. The number of aromatic amines is 1. The number of hydrogen-bond acceptors (Lipinski definition) is 5. The minimum Gasteiger partial charge on any atom is -0.356 e. The van der Waals surface area contributed by atoms with Gasteiger partial charge in [-0.15, -0.1) is 12.3 Å². The smallest absolute Gasteiger partial charge is 0.291 e. The molecule has 0 radical (unpaired) electrons. The van der Waals surface area contributed by atoms with Gasteiger partial charge in [0.2, 0.25) is 11.6 Å². The Labute approximate surface area is 132 Å². The van der Waals surface area contributed by atoms with Gasteiger partial charge in [0.05, 0.1) is 12.1 Å². The maximum atomic E-state index is 12.0. The number of fused-ring (bicyclic) bond motifs is 1. The van der Waals surface area contributed by atoms with Crippen LogP contribution in [0.1, 0.15) is 25.0 Å². The van der Waals surface area contributed by atoms with Gasteiger partial charge in [-0.3, -0.25) is 14.0 Å². The van der Waals surface area contributed by atoms with Gasteiger partial charge in [-0.1, -0.05) is 0 Å². The van der Waals surface area contributed by atoms with Crippen molar-refractivity contribution < 1.29 is 4.79 Å². The SMILES string of the molecule is C#CCCC1(CCNC(=O)Cc2cnc3c(=O)[nH]ccn23)N=N1. The standard InChI is InChI=1S/C15H16N6O2/c1-2-3-4-15(19-20-15)5-6-16-12(22)9-11-10-18-13-14(23)17-7-8-21(11)13/h1,7-8,10H,3-6,9H2,(H,16,22)(H,17,23). The lowest BCUT2D eigenvalue weighted by molar-refractivity contribution is -0.120. The van der Waals surface area contributed by atoms with Crippen LogP contribution in [0.2, 0.25) is 0 Å². The Morgan fingerprint density at radius 2 is 2.26 bits per heavy atom. The number of amides is 1. The van der Waals surface area contributed by atoms with Crippen molar-refractivity contribution in [1.82, 2.24) is 19.7 Å². The Bertz CT molecular complexity index is 851. The predicted octanol–water partition coefficient (Wildman–Crippen LogP) is 0.647. The van der Waals surface area contributed by atoms with E-state index in [1.54, 1.807) is 10.6 Å². The molecule has 3 rings (SSSR count). The second-order valence-corrected chi connectivity index (χ2v) is 5.40. The second-order valence-electron chi connectivity index (χ2n) is 5.40. The molecule has 2 aromatic heterocycles. The third-order valence-electron chi connectivity index (χ3n) is 3.76. The van der Waals surface area contributed by atoms with Crippen LogP contribution in [0.15, 0.2) is 33.6 Å². The van der Waals surface area contributed by atoms with Crippen LogP contribution in [0, 0.1) is 12.3 Å². The largest absolute Gasteiger partial charge is 0.356 e. The Morgan fingerprint density at radius 3 is 3.00 bits per heavy atom. The number of carbonyl (C=O) groups is 1. The van der Waals surface area contributed by atoms with E-state index in [4.69, 9.17) is 6.42 Å². The van der Waals surface area contributed by atoms with Gasteiger partial charge in [0.15, 0.2) is 5.66 Å². The van der Waals surface area contributed by atoms with Crippen molar-refractivity contribution >= 4 is 11.6 Å². The van der Waals surface area contributed by atoms with Crippen molar-refractivity contribution in [2.45, 2.75) is 31.3 Å². The topological polar surface area (TPSA) is 104 Å². The van der Waals surface area contributed by atoms with Gasteiger partial charge in [0, 0.05) is 44.4 Å². The Morgan fingerprint density at radius 1 is 1.43 bits per heavy atom. The van der Waals surface area contributed by atoms with E-state index < -0.39 is 5.66 Å². The summed E-state index contributed by atoms with van der Waals surface area (Å²) < 4.78 is 1.61. The van der Waals surface area contributed by atoms with E-state index in [0.717, 1.165) is 6.42 Å². The maximum Gasteiger partial charge on any atom is 0.291 e. The van der Waals surface area contributed by atoms with Crippen LogP contribution in [-0.2, 0) is 11.2 Å². The molecule has 0 spiro atoms. The first kappa shape index (κ1) is 15.0.